The summed E-state index contributed by atoms with van der Waals surface area (Å²) in [7, 11) is 0. The van der Waals surface area contributed by atoms with Crippen molar-refractivity contribution in [2.45, 2.75) is 54.4 Å². The molecule has 2 aromatic rings. The highest BCUT2D eigenvalue weighted by Gasteiger charge is 2.39. The molecular weight excluding hydrogens is 464 g/mol. The number of fused-ring (bicyclic) bond motifs is 2. The first kappa shape index (κ1) is 26.1. The highest BCUT2D eigenvalue weighted by atomic mass is 16.1. The monoisotopic (exact) mass is 502 g/mol. The first-order chi connectivity index (χ1) is 18.1. The summed E-state index contributed by atoms with van der Waals surface area (Å²) in [6, 6.07) is 16.7. The third-order valence-corrected chi connectivity index (χ3v) is 9.11. The van der Waals surface area contributed by atoms with Crippen LogP contribution in [0.15, 0.2) is 96.1 Å². The molecule has 0 spiro atoms. The van der Waals surface area contributed by atoms with Crippen molar-refractivity contribution in [1.82, 2.24) is 0 Å². The zero-order valence-electron chi connectivity index (χ0n) is 23.5. The molecule has 0 amide bonds. The minimum absolute atomic E-state index is 0.0484. The van der Waals surface area contributed by atoms with Crippen molar-refractivity contribution in [3.63, 3.8) is 0 Å². The van der Waals surface area contributed by atoms with Crippen LogP contribution in [0.5, 0.6) is 0 Å². The lowest BCUT2D eigenvalue weighted by molar-refractivity contribution is -0.119. The van der Waals surface area contributed by atoms with E-state index in [1.807, 2.05) is 24.3 Å². The van der Waals surface area contributed by atoms with Gasteiger partial charge in [-0.3, -0.25) is 9.59 Å². The van der Waals surface area contributed by atoms with E-state index in [2.05, 4.69) is 102 Å². The van der Waals surface area contributed by atoms with E-state index < -0.39 is 0 Å². The summed E-state index contributed by atoms with van der Waals surface area (Å²) >= 11 is 0. The first-order valence-electron chi connectivity index (χ1n) is 13.9. The van der Waals surface area contributed by atoms with Crippen LogP contribution < -0.4 is 10.4 Å². The molecule has 0 heterocycles. The Morgan fingerprint density at radius 1 is 0.658 bits per heavy atom. The fourth-order valence-electron chi connectivity index (χ4n) is 5.78. The summed E-state index contributed by atoms with van der Waals surface area (Å²) in [6.07, 6.45) is 14.4. The fraction of sp³-hybridized carbons (Fsp3) is 0.333. The average molecular weight is 503 g/mol. The Labute approximate surface area is 226 Å². The third-order valence-electron chi connectivity index (χ3n) is 9.11. The van der Waals surface area contributed by atoms with Crippen LogP contribution in [0, 0.1) is 22.7 Å². The Morgan fingerprint density at radius 3 is 1.84 bits per heavy atom. The van der Waals surface area contributed by atoms with E-state index in [-0.39, 0.29) is 34.2 Å². The third kappa shape index (κ3) is 4.30. The highest BCUT2D eigenvalue weighted by molar-refractivity contribution is 6.16. The van der Waals surface area contributed by atoms with Gasteiger partial charge in [0.15, 0.2) is 11.6 Å². The fourth-order valence-corrected chi connectivity index (χ4v) is 5.78. The average Bonchev–Trinajstić information content (AvgIpc) is 2.93. The van der Waals surface area contributed by atoms with E-state index in [1.54, 1.807) is 0 Å². The smallest absolute Gasteiger partial charge is 0.190 e. The van der Waals surface area contributed by atoms with Crippen LogP contribution in [0.1, 0.15) is 70.3 Å². The van der Waals surface area contributed by atoms with Crippen molar-refractivity contribution < 1.29 is 9.59 Å². The van der Waals surface area contributed by atoms with E-state index in [0.717, 1.165) is 51.1 Å². The molecule has 194 valence electrons. The van der Waals surface area contributed by atoms with Crippen molar-refractivity contribution >= 4 is 22.7 Å². The predicted octanol–water partition coefficient (Wildman–Crippen LogP) is 6.90. The molecule has 0 radical (unpaired) electrons. The second kappa shape index (κ2) is 9.66. The predicted molar refractivity (Wildman–Crippen MR) is 157 cm³/mol. The molecule has 0 bridgehead atoms. The molecule has 0 aromatic heterocycles. The molecule has 3 aliphatic carbocycles. The van der Waals surface area contributed by atoms with Gasteiger partial charge >= 0.3 is 0 Å². The van der Waals surface area contributed by atoms with Crippen LogP contribution in [0.3, 0.4) is 0 Å². The largest absolute Gasteiger partial charge is 0.294 e. The van der Waals surface area contributed by atoms with Gasteiger partial charge in [0.1, 0.15) is 0 Å². The Hall–Kier alpha value is -3.52. The van der Waals surface area contributed by atoms with Crippen molar-refractivity contribution in [1.29, 1.82) is 0 Å². The number of carbonyl (C=O) groups is 2. The number of benzene rings is 2. The Kier molecular flexibility index (Phi) is 6.63. The van der Waals surface area contributed by atoms with Gasteiger partial charge in [-0.25, -0.2) is 0 Å². The summed E-state index contributed by atoms with van der Waals surface area (Å²) in [4.78, 5) is 26.9. The van der Waals surface area contributed by atoms with E-state index >= 15 is 0 Å². The summed E-state index contributed by atoms with van der Waals surface area (Å²) in [5.41, 5.74) is 5.47. The van der Waals surface area contributed by atoms with Crippen molar-refractivity contribution in [3.8, 4) is 0 Å². The topological polar surface area (TPSA) is 34.1 Å². The van der Waals surface area contributed by atoms with Crippen LogP contribution in [0.25, 0.3) is 11.1 Å². The lowest BCUT2D eigenvalue weighted by Crippen LogP contribution is -2.35. The molecule has 5 rings (SSSR count). The minimum atomic E-state index is -0.205. The molecule has 0 fully saturated rings. The first-order valence-corrected chi connectivity index (χ1v) is 13.9. The second-order valence-electron chi connectivity index (χ2n) is 12.1. The van der Waals surface area contributed by atoms with Crippen LogP contribution >= 0.6 is 0 Å². The van der Waals surface area contributed by atoms with Gasteiger partial charge in [0.2, 0.25) is 0 Å². The molecule has 2 unspecified atom stereocenters. The summed E-state index contributed by atoms with van der Waals surface area (Å²) in [5.74, 6) is 0.285. The lowest BCUT2D eigenvalue weighted by atomic mass is 9.66. The SMILES string of the molecule is CCC(C)(C)C1=CC(=c2ccc(=C3C=C(C(C)(C)CC)C(=O)C4C=CC=CC34)cc2)c2ccccc2C1=O. The molecular formula is C36H38O2. The maximum absolute atomic E-state index is 13.5. The molecule has 0 aliphatic heterocycles. The molecule has 0 N–H and O–H groups in total. The molecule has 2 atom stereocenters. The van der Waals surface area contributed by atoms with Crippen LogP contribution in [0.4, 0.5) is 0 Å². The van der Waals surface area contributed by atoms with E-state index in [1.165, 1.54) is 5.57 Å². The van der Waals surface area contributed by atoms with Gasteiger partial charge in [0, 0.05) is 22.6 Å². The number of ketones is 2. The second-order valence-corrected chi connectivity index (χ2v) is 12.1. The quantitative estimate of drug-likeness (QED) is 0.456. The molecule has 0 saturated heterocycles. The van der Waals surface area contributed by atoms with Gasteiger partial charge in [-0.2, -0.15) is 0 Å². The zero-order valence-corrected chi connectivity index (χ0v) is 23.5. The number of allylic oxidation sites excluding steroid dienone is 8. The Morgan fingerprint density at radius 2 is 1.21 bits per heavy atom. The molecule has 2 nitrogen and oxygen atoms in total. The summed E-state index contributed by atoms with van der Waals surface area (Å²) in [5, 5.41) is 2.23. The van der Waals surface area contributed by atoms with Crippen molar-refractivity contribution in [2.24, 2.45) is 22.7 Å². The maximum atomic E-state index is 13.5. The van der Waals surface area contributed by atoms with Crippen LogP contribution in [0.2, 0.25) is 0 Å². The van der Waals surface area contributed by atoms with Gasteiger partial charge in [0.25, 0.3) is 0 Å². The van der Waals surface area contributed by atoms with Gasteiger partial charge in [0.05, 0.1) is 5.92 Å². The van der Waals surface area contributed by atoms with Crippen LogP contribution in [-0.4, -0.2) is 11.6 Å². The maximum Gasteiger partial charge on any atom is 0.190 e. The van der Waals surface area contributed by atoms with Gasteiger partial charge < -0.3 is 0 Å². The Balaban J connectivity index is 1.74. The summed E-state index contributed by atoms with van der Waals surface area (Å²) in [6.45, 7) is 12.9. The highest BCUT2D eigenvalue weighted by Crippen LogP contribution is 2.43. The van der Waals surface area contributed by atoms with Gasteiger partial charge in [-0.15, -0.1) is 0 Å². The van der Waals surface area contributed by atoms with Gasteiger partial charge in [-0.1, -0.05) is 120 Å². The van der Waals surface area contributed by atoms with Crippen molar-refractivity contribution in [3.05, 3.63) is 118 Å². The summed E-state index contributed by atoms with van der Waals surface area (Å²) < 4.78 is 0. The number of Topliss-reactive ketones (excluding diaryl/α,β-unsaturated/α-hetero) is 2. The van der Waals surface area contributed by atoms with Crippen LogP contribution in [-0.2, 0) is 4.79 Å². The van der Waals surface area contributed by atoms with E-state index in [4.69, 9.17) is 0 Å². The number of carbonyl (C=O) groups excluding carboxylic acids is 2. The molecule has 2 aromatic carbocycles. The molecule has 0 saturated carbocycles. The molecule has 2 heteroatoms. The number of hydrogen-bond donors (Lipinski definition) is 0. The number of hydrogen-bond acceptors (Lipinski definition) is 2. The Bertz CT molecular complexity index is 1550. The lowest BCUT2D eigenvalue weighted by Gasteiger charge is -2.36. The van der Waals surface area contributed by atoms with Gasteiger partial charge in [-0.05, 0) is 56.9 Å². The van der Waals surface area contributed by atoms with E-state index in [9.17, 15) is 9.59 Å². The standard InChI is InChI=1S/C36H38O2/c1-7-35(3,4)31-21-29(25-13-9-11-15-27(25)33(31)37)23-17-19-24(20-18-23)30-22-32(36(5,6)8-2)34(38)28-16-12-10-14-26(28)30/h9-22,25,27H,7-8H2,1-6H3. The minimum Gasteiger partial charge on any atom is -0.294 e. The van der Waals surface area contributed by atoms with Crippen molar-refractivity contribution in [2.75, 3.05) is 0 Å². The normalized spacial score (nSPS) is 21.2. The molecule has 38 heavy (non-hydrogen) atoms. The zero-order chi connectivity index (χ0) is 27.2. The number of rotatable bonds is 4. The van der Waals surface area contributed by atoms with E-state index in [0.29, 0.717) is 0 Å². The molecule has 3 aliphatic rings.